The molecule has 0 saturated carbocycles. The molecule has 1 fully saturated rings. The van der Waals surface area contributed by atoms with Gasteiger partial charge in [0.05, 0.1) is 13.2 Å². The molecule has 0 spiro atoms. The van der Waals surface area contributed by atoms with Crippen LogP contribution < -0.4 is 16.0 Å². The van der Waals surface area contributed by atoms with Crippen molar-refractivity contribution in [2.75, 3.05) is 32.1 Å². The topological polar surface area (TPSA) is 240 Å². The molecule has 0 aromatic carbocycles. The van der Waals surface area contributed by atoms with Crippen molar-refractivity contribution in [3.8, 4) is 0 Å². The highest BCUT2D eigenvalue weighted by molar-refractivity contribution is 7.80. The Balaban J connectivity index is 2.96. The summed E-state index contributed by atoms with van der Waals surface area (Å²) in [4.78, 5) is 84.5. The van der Waals surface area contributed by atoms with E-state index in [1.807, 2.05) is 0 Å². The molecular formula is C27H43N3O15S. The molecule has 0 bridgehead atoms. The van der Waals surface area contributed by atoms with Crippen molar-refractivity contribution in [3.63, 3.8) is 0 Å². The van der Waals surface area contributed by atoms with Gasteiger partial charge in [-0.3, -0.25) is 28.8 Å². The predicted molar refractivity (Wildman–Crippen MR) is 157 cm³/mol. The van der Waals surface area contributed by atoms with E-state index in [1.165, 1.54) is 0 Å². The van der Waals surface area contributed by atoms with Gasteiger partial charge in [-0.1, -0.05) is 0 Å². The molecule has 1 heterocycles. The molecule has 262 valence electrons. The largest absolute Gasteiger partial charge is 0.463 e. The van der Waals surface area contributed by atoms with Crippen molar-refractivity contribution in [2.24, 2.45) is 0 Å². The summed E-state index contributed by atoms with van der Waals surface area (Å²) in [6.45, 7) is 7.50. The van der Waals surface area contributed by atoms with E-state index in [4.69, 9.17) is 33.2 Å². The molecule has 46 heavy (non-hydrogen) atoms. The minimum absolute atomic E-state index is 0.164. The Morgan fingerprint density at radius 1 is 0.804 bits per heavy atom. The molecule has 0 aromatic rings. The van der Waals surface area contributed by atoms with Crippen LogP contribution in [0.1, 0.15) is 48.5 Å². The van der Waals surface area contributed by atoms with Crippen LogP contribution in [-0.2, 0) is 61.9 Å². The smallest absolute Gasteiger partial charge is 0.408 e. The molecule has 0 radical (unpaired) electrons. The van der Waals surface area contributed by atoms with Gasteiger partial charge in [0.2, 0.25) is 11.8 Å². The highest BCUT2D eigenvalue weighted by atomic mass is 32.1. The Morgan fingerprint density at radius 3 is 1.87 bits per heavy atom. The van der Waals surface area contributed by atoms with Crippen molar-refractivity contribution in [3.05, 3.63) is 0 Å². The molecule has 1 aliphatic heterocycles. The average Bonchev–Trinajstić information content (AvgIpc) is 2.92. The Kier molecular flexibility index (Phi) is 16.7. The van der Waals surface area contributed by atoms with E-state index in [9.17, 15) is 38.7 Å². The van der Waals surface area contributed by atoms with Crippen molar-refractivity contribution in [1.82, 2.24) is 16.0 Å². The zero-order valence-corrected chi connectivity index (χ0v) is 27.6. The third-order valence-electron chi connectivity index (χ3n) is 5.64. The third kappa shape index (κ3) is 14.6. The standard InChI is InChI=1S/C27H43N3O15S/c1-13(32)40-11-19-20(41-14(2)33)21(42-15(3)34)22(43-16(4)35)25(44-19)39-9-8-28-23(36)18(12-46)29-24(37)17(10-31)30-26(38)45-27(5,6)7/h17-22,25,31,46H,8-12H2,1-7H3,(H,28,36)(H,29,37)(H,30,38)/t17-,18-,19+,20+,21-,22-,25-/m0/s1. The molecular weight excluding hydrogens is 638 g/mol. The zero-order valence-electron chi connectivity index (χ0n) is 26.7. The minimum atomic E-state index is -1.46. The fourth-order valence-corrected chi connectivity index (χ4v) is 4.16. The number of aliphatic hydroxyl groups excluding tert-OH is 1. The van der Waals surface area contributed by atoms with Gasteiger partial charge in [0.25, 0.3) is 0 Å². The maximum absolute atomic E-state index is 12.8. The number of alkyl carbamates (subject to hydrolysis) is 1. The van der Waals surface area contributed by atoms with Crippen LogP contribution in [0.4, 0.5) is 4.79 Å². The highest BCUT2D eigenvalue weighted by Gasteiger charge is 2.52. The number of esters is 4. The van der Waals surface area contributed by atoms with Crippen LogP contribution in [0.3, 0.4) is 0 Å². The Hall–Kier alpha value is -3.68. The van der Waals surface area contributed by atoms with E-state index in [-0.39, 0.29) is 18.9 Å². The normalized spacial score (nSPS) is 22.2. The molecule has 0 unspecified atom stereocenters. The fourth-order valence-electron chi connectivity index (χ4n) is 3.91. The summed E-state index contributed by atoms with van der Waals surface area (Å²) in [5.41, 5.74) is -0.855. The summed E-state index contributed by atoms with van der Waals surface area (Å²) in [5.74, 6) is -4.86. The maximum atomic E-state index is 12.8. The van der Waals surface area contributed by atoms with Gasteiger partial charge >= 0.3 is 30.0 Å². The van der Waals surface area contributed by atoms with E-state index in [1.54, 1.807) is 20.8 Å². The van der Waals surface area contributed by atoms with Crippen molar-refractivity contribution in [1.29, 1.82) is 0 Å². The number of hydrogen-bond donors (Lipinski definition) is 5. The molecule has 3 amide bonds. The lowest BCUT2D eigenvalue weighted by Crippen LogP contribution is -2.63. The third-order valence-corrected chi connectivity index (χ3v) is 6.00. The van der Waals surface area contributed by atoms with Crippen LogP contribution in [0.25, 0.3) is 0 Å². The van der Waals surface area contributed by atoms with Gasteiger partial charge < -0.3 is 54.2 Å². The summed E-state index contributed by atoms with van der Waals surface area (Å²) in [6, 6.07) is -2.62. The number of thiol groups is 1. The number of carbonyl (C=O) groups excluding carboxylic acids is 7. The molecule has 18 nitrogen and oxygen atoms in total. The molecule has 1 saturated heterocycles. The first-order chi connectivity index (χ1) is 21.4. The lowest BCUT2D eigenvalue weighted by molar-refractivity contribution is -0.307. The van der Waals surface area contributed by atoms with Gasteiger partial charge in [0.1, 0.15) is 30.4 Å². The van der Waals surface area contributed by atoms with Gasteiger partial charge in [0, 0.05) is 40.0 Å². The first-order valence-electron chi connectivity index (χ1n) is 14.1. The molecule has 1 aliphatic rings. The van der Waals surface area contributed by atoms with Gasteiger partial charge in [-0.25, -0.2) is 4.79 Å². The van der Waals surface area contributed by atoms with E-state index in [0.717, 1.165) is 27.7 Å². The maximum Gasteiger partial charge on any atom is 0.408 e. The molecule has 19 heteroatoms. The number of aliphatic hydroxyl groups is 1. The van der Waals surface area contributed by atoms with Crippen molar-refractivity contribution in [2.45, 2.75) is 96.9 Å². The lowest BCUT2D eigenvalue weighted by Gasteiger charge is -2.44. The molecule has 4 N–H and O–H groups in total. The quantitative estimate of drug-likeness (QED) is 0.0572. The highest BCUT2D eigenvalue weighted by Crippen LogP contribution is 2.30. The number of nitrogens with one attached hydrogen (secondary N) is 3. The van der Waals surface area contributed by atoms with Crippen LogP contribution >= 0.6 is 12.6 Å². The van der Waals surface area contributed by atoms with Crippen molar-refractivity contribution < 1.29 is 71.8 Å². The van der Waals surface area contributed by atoms with Gasteiger partial charge in [-0.15, -0.1) is 0 Å². The first-order valence-corrected chi connectivity index (χ1v) is 14.7. The number of rotatable bonds is 15. The van der Waals surface area contributed by atoms with Crippen LogP contribution in [0, 0.1) is 0 Å². The Bertz CT molecular complexity index is 1100. The zero-order chi connectivity index (χ0) is 35.2. The minimum Gasteiger partial charge on any atom is -0.463 e. The molecule has 0 aromatic heterocycles. The van der Waals surface area contributed by atoms with Crippen LogP contribution in [-0.4, -0.2) is 127 Å². The van der Waals surface area contributed by atoms with E-state index >= 15 is 0 Å². The van der Waals surface area contributed by atoms with E-state index in [0.29, 0.717) is 0 Å². The SMILES string of the molecule is CC(=O)OC[C@H]1O[C@H](OCCNC(=O)[C@H](CS)NC(=O)[C@H](CO)NC(=O)OC(C)(C)C)[C@@H](OC(C)=O)[C@@H](OC(C)=O)[C@@H]1OC(C)=O. The van der Waals surface area contributed by atoms with Gasteiger partial charge in [-0.2, -0.15) is 12.6 Å². The van der Waals surface area contributed by atoms with E-state index < -0.39 is 103 Å². The second-order valence-corrected chi connectivity index (χ2v) is 11.2. The monoisotopic (exact) mass is 681 g/mol. The van der Waals surface area contributed by atoms with Crippen LogP contribution in [0.2, 0.25) is 0 Å². The molecule has 0 aliphatic carbocycles. The number of ether oxygens (including phenoxy) is 7. The second-order valence-electron chi connectivity index (χ2n) is 10.9. The fraction of sp³-hybridized carbons (Fsp3) is 0.741. The average molecular weight is 682 g/mol. The summed E-state index contributed by atoms with van der Waals surface area (Å²) < 4.78 is 37.5. The number of amides is 3. The molecule has 1 rings (SSSR count). The second kappa shape index (κ2) is 19.1. The summed E-state index contributed by atoms with van der Waals surface area (Å²) in [5, 5.41) is 16.6. The van der Waals surface area contributed by atoms with Gasteiger partial charge in [-0.05, 0) is 20.8 Å². The van der Waals surface area contributed by atoms with E-state index in [2.05, 4.69) is 28.6 Å². The Labute approximate surface area is 271 Å². The number of hydrogen-bond acceptors (Lipinski definition) is 16. The Morgan fingerprint density at radius 2 is 1.37 bits per heavy atom. The van der Waals surface area contributed by atoms with Gasteiger partial charge in [0.15, 0.2) is 24.6 Å². The lowest BCUT2D eigenvalue weighted by atomic mass is 9.98. The predicted octanol–water partition coefficient (Wildman–Crippen LogP) is -1.50. The first kappa shape index (κ1) is 40.3. The number of carbonyl (C=O) groups is 7. The summed E-state index contributed by atoms with van der Waals surface area (Å²) in [7, 11) is 0. The molecule has 7 atom stereocenters. The summed E-state index contributed by atoms with van der Waals surface area (Å²) in [6.07, 6.45) is -7.88. The van der Waals surface area contributed by atoms with Crippen LogP contribution in [0.15, 0.2) is 0 Å². The van der Waals surface area contributed by atoms with Crippen LogP contribution in [0.5, 0.6) is 0 Å². The van der Waals surface area contributed by atoms with Crippen molar-refractivity contribution >= 4 is 54.4 Å². The summed E-state index contributed by atoms with van der Waals surface area (Å²) >= 11 is 4.08.